The highest BCUT2D eigenvalue weighted by atomic mass is 16.6. The zero-order valence-corrected chi connectivity index (χ0v) is 12.4. The lowest BCUT2D eigenvalue weighted by molar-refractivity contribution is -0.185. The van der Waals surface area contributed by atoms with E-state index in [-0.39, 0.29) is 17.3 Å². The number of ether oxygens (including phenoxy) is 2. The van der Waals surface area contributed by atoms with Gasteiger partial charge >= 0.3 is 0 Å². The first-order valence-corrected chi connectivity index (χ1v) is 7.27. The minimum atomic E-state index is -0.0865. The molecule has 2 bridgehead atoms. The van der Waals surface area contributed by atoms with Crippen molar-refractivity contribution in [1.29, 1.82) is 0 Å². The van der Waals surface area contributed by atoms with E-state index in [0.717, 1.165) is 12.8 Å². The van der Waals surface area contributed by atoms with Gasteiger partial charge in [-0.05, 0) is 57.6 Å². The summed E-state index contributed by atoms with van der Waals surface area (Å²) in [6, 6.07) is 8.44. The van der Waals surface area contributed by atoms with Crippen LogP contribution in [0.5, 0.6) is 0 Å². The quantitative estimate of drug-likeness (QED) is 0.821. The zero-order valence-electron chi connectivity index (χ0n) is 12.4. The van der Waals surface area contributed by atoms with E-state index >= 15 is 0 Å². The van der Waals surface area contributed by atoms with E-state index in [1.807, 2.05) is 0 Å². The second-order valence-corrected chi connectivity index (χ2v) is 6.88. The predicted molar refractivity (Wildman–Crippen MR) is 76.0 cm³/mol. The summed E-state index contributed by atoms with van der Waals surface area (Å²) in [5.74, 6) is 0.638. The summed E-state index contributed by atoms with van der Waals surface area (Å²) in [6.07, 6.45) is 2.51. The summed E-state index contributed by atoms with van der Waals surface area (Å²) in [7, 11) is 0. The maximum absolute atomic E-state index is 6.24. The minimum Gasteiger partial charge on any atom is -0.371 e. The average Bonchev–Trinajstić information content (AvgIpc) is 2.76. The first kappa shape index (κ1) is 13.1. The van der Waals surface area contributed by atoms with Crippen LogP contribution in [0, 0.1) is 12.8 Å². The van der Waals surface area contributed by atoms with Gasteiger partial charge in [0.2, 0.25) is 0 Å². The van der Waals surface area contributed by atoms with E-state index in [1.54, 1.807) is 0 Å². The second kappa shape index (κ2) is 4.32. The van der Waals surface area contributed by atoms with E-state index in [0.29, 0.717) is 12.5 Å². The molecule has 3 unspecified atom stereocenters. The fourth-order valence-corrected chi connectivity index (χ4v) is 3.74. The van der Waals surface area contributed by atoms with Crippen molar-refractivity contribution in [3.63, 3.8) is 0 Å². The van der Waals surface area contributed by atoms with Crippen LogP contribution in [0.25, 0.3) is 0 Å². The number of rotatable bonds is 3. The number of fused-ring (bicyclic) bond motifs is 2. The topological polar surface area (TPSA) is 18.5 Å². The maximum atomic E-state index is 6.24. The highest BCUT2D eigenvalue weighted by molar-refractivity contribution is 5.24. The van der Waals surface area contributed by atoms with Gasteiger partial charge in [-0.3, -0.25) is 0 Å². The fraction of sp³-hybridized carbons (Fsp3) is 0.647. The number of hydrogen-bond donors (Lipinski definition) is 0. The molecule has 2 heteroatoms. The SMILES string of the molecule is Cc1ccccc1COC1CC2CC1(C)OC2(C)C. The molecule has 1 aliphatic heterocycles. The van der Waals surface area contributed by atoms with Crippen molar-refractivity contribution in [2.45, 2.75) is 64.4 Å². The van der Waals surface area contributed by atoms with E-state index in [4.69, 9.17) is 9.47 Å². The Labute approximate surface area is 116 Å². The summed E-state index contributed by atoms with van der Waals surface area (Å²) in [6.45, 7) is 9.47. The molecule has 0 aromatic heterocycles. The van der Waals surface area contributed by atoms with Crippen LogP contribution in [0.2, 0.25) is 0 Å². The molecular weight excluding hydrogens is 236 g/mol. The molecule has 3 atom stereocenters. The Morgan fingerprint density at radius 3 is 2.58 bits per heavy atom. The van der Waals surface area contributed by atoms with Crippen molar-refractivity contribution in [3.8, 4) is 0 Å². The lowest BCUT2D eigenvalue weighted by Crippen LogP contribution is -2.45. The Balaban J connectivity index is 1.66. The van der Waals surface area contributed by atoms with Crippen molar-refractivity contribution < 1.29 is 9.47 Å². The van der Waals surface area contributed by atoms with Gasteiger partial charge in [0, 0.05) is 0 Å². The molecule has 0 amide bonds. The van der Waals surface area contributed by atoms with Crippen molar-refractivity contribution >= 4 is 0 Å². The zero-order chi connectivity index (χ0) is 13.7. The van der Waals surface area contributed by atoms with Crippen molar-refractivity contribution in [2.24, 2.45) is 5.92 Å². The van der Waals surface area contributed by atoms with Gasteiger partial charge in [-0.15, -0.1) is 0 Å². The third-order valence-corrected chi connectivity index (χ3v) is 5.01. The van der Waals surface area contributed by atoms with Gasteiger partial charge in [-0.1, -0.05) is 24.3 Å². The molecule has 104 valence electrons. The number of aryl methyl sites for hydroxylation is 1. The maximum Gasteiger partial charge on any atom is 0.0926 e. The van der Waals surface area contributed by atoms with Crippen molar-refractivity contribution in [1.82, 2.24) is 0 Å². The summed E-state index contributed by atoms with van der Waals surface area (Å²) in [5.41, 5.74) is 2.53. The van der Waals surface area contributed by atoms with Gasteiger partial charge in [0.1, 0.15) is 0 Å². The van der Waals surface area contributed by atoms with Crippen LogP contribution >= 0.6 is 0 Å². The molecule has 1 aromatic carbocycles. The fourth-order valence-electron chi connectivity index (χ4n) is 3.74. The van der Waals surface area contributed by atoms with E-state index in [2.05, 4.69) is 52.0 Å². The third-order valence-electron chi connectivity index (χ3n) is 5.01. The molecule has 3 rings (SSSR count). The first-order chi connectivity index (χ1) is 8.91. The molecule has 1 saturated heterocycles. The number of benzene rings is 1. The Morgan fingerprint density at radius 2 is 2.00 bits per heavy atom. The van der Waals surface area contributed by atoms with Gasteiger partial charge < -0.3 is 9.47 Å². The molecule has 2 aliphatic rings. The van der Waals surface area contributed by atoms with Crippen molar-refractivity contribution in [2.75, 3.05) is 0 Å². The molecule has 2 fully saturated rings. The monoisotopic (exact) mass is 260 g/mol. The largest absolute Gasteiger partial charge is 0.371 e. The molecule has 1 saturated carbocycles. The second-order valence-electron chi connectivity index (χ2n) is 6.88. The van der Waals surface area contributed by atoms with E-state index in [1.165, 1.54) is 11.1 Å². The molecule has 1 aliphatic carbocycles. The molecule has 0 N–H and O–H groups in total. The highest BCUT2D eigenvalue weighted by Gasteiger charge is 2.59. The molecule has 1 heterocycles. The van der Waals surface area contributed by atoms with Gasteiger partial charge in [0.25, 0.3) is 0 Å². The van der Waals surface area contributed by atoms with E-state index < -0.39 is 0 Å². The van der Waals surface area contributed by atoms with Gasteiger partial charge in [-0.25, -0.2) is 0 Å². The van der Waals surface area contributed by atoms with Crippen LogP contribution in [0.1, 0.15) is 44.7 Å². The van der Waals surface area contributed by atoms with Crippen LogP contribution in [0.3, 0.4) is 0 Å². The van der Waals surface area contributed by atoms with E-state index in [9.17, 15) is 0 Å². The predicted octanol–water partition coefficient (Wildman–Crippen LogP) is 3.86. The molecule has 0 radical (unpaired) electrons. The lowest BCUT2D eigenvalue weighted by Gasteiger charge is -2.39. The number of hydrogen-bond acceptors (Lipinski definition) is 2. The Bertz CT molecular complexity index is 480. The average molecular weight is 260 g/mol. The van der Waals surface area contributed by atoms with Gasteiger partial charge in [0.15, 0.2) is 0 Å². The molecule has 0 spiro atoms. The standard InChI is InChI=1S/C17H24O2/c1-12-7-5-6-8-13(12)11-18-15-9-14-10-17(15,4)19-16(14,2)3/h5-8,14-15H,9-11H2,1-4H3. The van der Waals surface area contributed by atoms with Crippen LogP contribution in [-0.2, 0) is 16.1 Å². The van der Waals surface area contributed by atoms with Crippen molar-refractivity contribution in [3.05, 3.63) is 35.4 Å². The Hall–Kier alpha value is -0.860. The summed E-state index contributed by atoms with van der Waals surface area (Å²) < 4.78 is 12.4. The summed E-state index contributed by atoms with van der Waals surface area (Å²) >= 11 is 0. The van der Waals surface area contributed by atoms with Crippen LogP contribution in [-0.4, -0.2) is 17.3 Å². The van der Waals surface area contributed by atoms with Crippen LogP contribution in [0.15, 0.2) is 24.3 Å². The smallest absolute Gasteiger partial charge is 0.0926 e. The highest BCUT2D eigenvalue weighted by Crippen LogP contribution is 2.54. The van der Waals surface area contributed by atoms with Crippen LogP contribution in [0.4, 0.5) is 0 Å². The lowest BCUT2D eigenvalue weighted by atomic mass is 9.90. The molecule has 2 nitrogen and oxygen atoms in total. The minimum absolute atomic E-state index is 0.0251. The van der Waals surface area contributed by atoms with Gasteiger partial charge in [-0.2, -0.15) is 0 Å². The molecular formula is C17H24O2. The molecule has 1 aromatic rings. The summed E-state index contributed by atoms with van der Waals surface area (Å²) in [5, 5.41) is 0. The van der Waals surface area contributed by atoms with Gasteiger partial charge in [0.05, 0.1) is 23.9 Å². The Kier molecular flexibility index (Phi) is 2.99. The van der Waals surface area contributed by atoms with Crippen LogP contribution < -0.4 is 0 Å². The summed E-state index contributed by atoms with van der Waals surface area (Å²) in [4.78, 5) is 0. The normalized spacial score (nSPS) is 35.8. The molecule has 19 heavy (non-hydrogen) atoms. The Morgan fingerprint density at radius 1 is 1.26 bits per heavy atom. The third kappa shape index (κ3) is 2.21. The first-order valence-electron chi connectivity index (χ1n) is 7.27.